The fourth-order valence-corrected chi connectivity index (χ4v) is 2.96. The number of nitrogens with one attached hydrogen (secondary N) is 1. The van der Waals surface area contributed by atoms with Gasteiger partial charge in [-0.3, -0.25) is 9.59 Å². The summed E-state index contributed by atoms with van der Waals surface area (Å²) in [5.41, 5.74) is 0.969. The van der Waals surface area contributed by atoms with Crippen LogP contribution in [-0.2, 0) is 20.7 Å². The van der Waals surface area contributed by atoms with Crippen molar-refractivity contribution in [2.75, 3.05) is 25.1 Å². The molecule has 2 aromatic rings. The van der Waals surface area contributed by atoms with Crippen LogP contribution in [0.4, 0.5) is 5.69 Å². The van der Waals surface area contributed by atoms with Gasteiger partial charge in [-0.1, -0.05) is 40.9 Å². The van der Waals surface area contributed by atoms with Gasteiger partial charge in [0.2, 0.25) is 0 Å². The summed E-state index contributed by atoms with van der Waals surface area (Å²) in [6, 6.07) is 8.02. The standard InChI is InChI=1S/C18H14Cl3NO5/c19-11-7-13(21)14(8-12(11)20)22-17(23)9-27-18(24)6-10-1-2-15-16(5-10)26-4-3-25-15/h1-2,5,7-8H,3-4,6,9H2,(H,22,23). The minimum absolute atomic E-state index is 0.00253. The zero-order valence-corrected chi connectivity index (χ0v) is 16.2. The Labute approximate surface area is 170 Å². The van der Waals surface area contributed by atoms with Crippen LogP contribution in [0.15, 0.2) is 30.3 Å². The molecule has 9 heteroatoms. The minimum Gasteiger partial charge on any atom is -0.486 e. The summed E-state index contributed by atoms with van der Waals surface area (Å²) in [6.07, 6.45) is -0.00253. The molecular formula is C18H14Cl3NO5. The summed E-state index contributed by atoms with van der Waals surface area (Å²) in [5.74, 6) is 0.114. The lowest BCUT2D eigenvalue weighted by Crippen LogP contribution is -2.22. The second-order valence-electron chi connectivity index (χ2n) is 5.61. The molecule has 0 bridgehead atoms. The highest BCUT2D eigenvalue weighted by molar-refractivity contribution is 6.44. The highest BCUT2D eigenvalue weighted by Gasteiger charge is 2.15. The van der Waals surface area contributed by atoms with Gasteiger partial charge in [0.1, 0.15) is 13.2 Å². The van der Waals surface area contributed by atoms with E-state index < -0.39 is 18.5 Å². The lowest BCUT2D eigenvalue weighted by atomic mass is 10.1. The van der Waals surface area contributed by atoms with Crippen LogP contribution < -0.4 is 14.8 Å². The second-order valence-corrected chi connectivity index (χ2v) is 6.83. The molecule has 0 spiro atoms. The van der Waals surface area contributed by atoms with Gasteiger partial charge in [0.15, 0.2) is 18.1 Å². The van der Waals surface area contributed by atoms with Crippen LogP contribution in [-0.4, -0.2) is 31.7 Å². The summed E-state index contributed by atoms with van der Waals surface area (Å²) in [7, 11) is 0. The lowest BCUT2D eigenvalue weighted by molar-refractivity contribution is -0.146. The zero-order valence-electron chi connectivity index (χ0n) is 13.9. The van der Waals surface area contributed by atoms with E-state index in [1.54, 1.807) is 18.2 Å². The van der Waals surface area contributed by atoms with Crippen molar-refractivity contribution in [1.29, 1.82) is 0 Å². The van der Waals surface area contributed by atoms with Crippen molar-refractivity contribution in [2.24, 2.45) is 0 Å². The molecule has 0 fully saturated rings. The average molecular weight is 431 g/mol. The monoisotopic (exact) mass is 429 g/mol. The van der Waals surface area contributed by atoms with Crippen molar-refractivity contribution in [3.63, 3.8) is 0 Å². The number of hydrogen-bond acceptors (Lipinski definition) is 5. The van der Waals surface area contributed by atoms with Crippen molar-refractivity contribution in [1.82, 2.24) is 0 Å². The SMILES string of the molecule is O=C(COC(=O)Cc1ccc2c(c1)OCCO2)Nc1cc(Cl)c(Cl)cc1Cl. The van der Waals surface area contributed by atoms with Crippen LogP contribution in [0.1, 0.15) is 5.56 Å². The molecule has 1 aliphatic rings. The third-order valence-electron chi connectivity index (χ3n) is 3.60. The molecule has 0 aliphatic carbocycles. The van der Waals surface area contributed by atoms with Gasteiger partial charge in [0, 0.05) is 0 Å². The fourth-order valence-electron chi connectivity index (χ4n) is 2.37. The predicted octanol–water partition coefficient (Wildman–Crippen LogP) is 4.14. The van der Waals surface area contributed by atoms with Crippen molar-refractivity contribution in [3.05, 3.63) is 51.0 Å². The maximum Gasteiger partial charge on any atom is 0.310 e. The molecular weight excluding hydrogens is 417 g/mol. The van der Waals surface area contributed by atoms with Crippen molar-refractivity contribution in [3.8, 4) is 11.5 Å². The Balaban J connectivity index is 1.52. The van der Waals surface area contributed by atoms with Crippen molar-refractivity contribution >= 4 is 52.4 Å². The number of rotatable bonds is 5. The van der Waals surface area contributed by atoms with E-state index in [1.807, 2.05) is 0 Å². The van der Waals surface area contributed by atoms with Gasteiger partial charge in [0.25, 0.3) is 5.91 Å². The van der Waals surface area contributed by atoms with Crippen molar-refractivity contribution < 1.29 is 23.8 Å². The summed E-state index contributed by atoms with van der Waals surface area (Å²) >= 11 is 17.7. The van der Waals surface area contributed by atoms with E-state index in [4.69, 9.17) is 49.0 Å². The topological polar surface area (TPSA) is 73.9 Å². The number of carbonyl (C=O) groups excluding carboxylic acids is 2. The molecule has 1 amide bonds. The molecule has 1 N–H and O–H groups in total. The largest absolute Gasteiger partial charge is 0.486 e. The van der Waals surface area contributed by atoms with E-state index in [9.17, 15) is 9.59 Å². The number of amides is 1. The van der Waals surface area contributed by atoms with Gasteiger partial charge < -0.3 is 19.5 Å². The molecule has 0 aromatic heterocycles. The smallest absolute Gasteiger partial charge is 0.310 e. The number of esters is 1. The van der Waals surface area contributed by atoms with E-state index >= 15 is 0 Å². The Morgan fingerprint density at radius 2 is 1.67 bits per heavy atom. The quantitative estimate of drug-likeness (QED) is 0.570. The van der Waals surface area contributed by atoms with E-state index in [2.05, 4.69) is 5.32 Å². The molecule has 0 radical (unpaired) electrons. The van der Waals surface area contributed by atoms with E-state index in [0.29, 0.717) is 30.3 Å². The summed E-state index contributed by atoms with van der Waals surface area (Å²) < 4.78 is 15.9. The van der Waals surface area contributed by atoms with Gasteiger partial charge in [-0.2, -0.15) is 0 Å². The second kappa shape index (κ2) is 8.69. The number of benzene rings is 2. The molecule has 2 aromatic carbocycles. The Morgan fingerprint density at radius 3 is 2.44 bits per heavy atom. The maximum atomic E-state index is 12.0. The van der Waals surface area contributed by atoms with Crippen molar-refractivity contribution in [2.45, 2.75) is 6.42 Å². The summed E-state index contributed by atoms with van der Waals surface area (Å²) in [5, 5.41) is 3.24. The summed E-state index contributed by atoms with van der Waals surface area (Å²) in [6.45, 7) is 0.491. The molecule has 6 nitrogen and oxygen atoms in total. The molecule has 0 saturated carbocycles. The third-order valence-corrected chi connectivity index (χ3v) is 4.64. The first kappa shape index (κ1) is 19.6. The van der Waals surface area contributed by atoms with Crippen LogP contribution in [0.25, 0.3) is 0 Å². The first-order valence-electron chi connectivity index (χ1n) is 7.91. The Bertz CT molecular complexity index is 888. The molecule has 0 saturated heterocycles. The van der Waals surface area contributed by atoms with Crippen LogP contribution >= 0.6 is 34.8 Å². The van der Waals surface area contributed by atoms with Gasteiger partial charge >= 0.3 is 5.97 Å². The molecule has 27 heavy (non-hydrogen) atoms. The zero-order chi connectivity index (χ0) is 19.4. The number of halogens is 3. The molecule has 1 heterocycles. The number of fused-ring (bicyclic) bond motifs is 1. The van der Waals surface area contributed by atoms with Crippen LogP contribution in [0.5, 0.6) is 11.5 Å². The van der Waals surface area contributed by atoms with Crippen LogP contribution in [0.2, 0.25) is 15.1 Å². The highest BCUT2D eigenvalue weighted by Crippen LogP contribution is 2.32. The molecule has 142 valence electrons. The molecule has 0 atom stereocenters. The van der Waals surface area contributed by atoms with Crippen LogP contribution in [0, 0.1) is 0 Å². The number of hydrogen-bond donors (Lipinski definition) is 1. The van der Waals surface area contributed by atoms with Gasteiger partial charge in [0.05, 0.1) is 27.2 Å². The van der Waals surface area contributed by atoms with Gasteiger partial charge in [-0.15, -0.1) is 0 Å². The number of carbonyl (C=O) groups is 2. The predicted molar refractivity (Wildman–Crippen MR) is 102 cm³/mol. The third kappa shape index (κ3) is 5.19. The average Bonchev–Trinajstić information content (AvgIpc) is 2.64. The minimum atomic E-state index is -0.554. The van der Waals surface area contributed by atoms with Gasteiger partial charge in [-0.25, -0.2) is 0 Å². The first-order chi connectivity index (χ1) is 12.9. The maximum absolute atomic E-state index is 12.0. The first-order valence-corrected chi connectivity index (χ1v) is 9.04. The molecule has 0 unspecified atom stereocenters. The lowest BCUT2D eigenvalue weighted by Gasteiger charge is -2.18. The normalized spacial score (nSPS) is 12.4. The Hall–Kier alpha value is -2.15. The summed E-state index contributed by atoms with van der Waals surface area (Å²) in [4.78, 5) is 23.9. The Morgan fingerprint density at radius 1 is 0.963 bits per heavy atom. The molecule has 3 rings (SSSR count). The number of ether oxygens (including phenoxy) is 3. The number of anilines is 1. The fraction of sp³-hybridized carbons (Fsp3) is 0.222. The molecule has 1 aliphatic heterocycles. The Kier molecular flexibility index (Phi) is 6.31. The van der Waals surface area contributed by atoms with Gasteiger partial charge in [-0.05, 0) is 29.8 Å². The van der Waals surface area contributed by atoms with E-state index in [0.717, 1.165) is 0 Å². The highest BCUT2D eigenvalue weighted by atomic mass is 35.5. The van der Waals surface area contributed by atoms with E-state index in [-0.39, 0.29) is 27.2 Å². The van der Waals surface area contributed by atoms with Crippen LogP contribution in [0.3, 0.4) is 0 Å². The van der Waals surface area contributed by atoms with E-state index in [1.165, 1.54) is 12.1 Å².